The van der Waals surface area contributed by atoms with Crippen LogP contribution in [0.1, 0.15) is 31.2 Å². The highest BCUT2D eigenvalue weighted by molar-refractivity contribution is 5.84. The lowest BCUT2D eigenvalue weighted by Crippen LogP contribution is -2.40. The standard InChI is InChI=1S/C19H24N4O2/c24-18(15-22-12-6-2-5-9-19(22)25)20-11-10-16-13-21-23(14-16)17-7-3-1-4-8-17/h1,3-4,7-8,13-14H,2,5-6,9-12,15H2,(H,20,24). The number of hydrogen-bond acceptors (Lipinski definition) is 3. The highest BCUT2D eigenvalue weighted by atomic mass is 16.2. The van der Waals surface area contributed by atoms with Crippen LogP contribution >= 0.6 is 0 Å². The third kappa shape index (κ3) is 4.92. The molecule has 132 valence electrons. The molecule has 1 N–H and O–H groups in total. The van der Waals surface area contributed by atoms with Crippen molar-refractivity contribution >= 4 is 11.8 Å². The van der Waals surface area contributed by atoms with E-state index in [-0.39, 0.29) is 18.4 Å². The zero-order valence-corrected chi connectivity index (χ0v) is 14.4. The predicted molar refractivity (Wildman–Crippen MR) is 95.3 cm³/mol. The topological polar surface area (TPSA) is 67.2 Å². The highest BCUT2D eigenvalue weighted by Gasteiger charge is 2.18. The van der Waals surface area contributed by atoms with Crippen molar-refractivity contribution in [1.82, 2.24) is 20.0 Å². The van der Waals surface area contributed by atoms with Gasteiger partial charge in [0.1, 0.15) is 0 Å². The number of amides is 2. The quantitative estimate of drug-likeness (QED) is 0.874. The molecule has 2 amide bonds. The van der Waals surface area contributed by atoms with Crippen LogP contribution in [0.5, 0.6) is 0 Å². The molecule has 0 spiro atoms. The molecule has 6 nitrogen and oxygen atoms in total. The minimum Gasteiger partial charge on any atom is -0.354 e. The van der Waals surface area contributed by atoms with Gasteiger partial charge in [-0.3, -0.25) is 9.59 Å². The Morgan fingerprint density at radius 3 is 2.84 bits per heavy atom. The fraction of sp³-hybridized carbons (Fsp3) is 0.421. The third-order valence-corrected chi connectivity index (χ3v) is 4.40. The van der Waals surface area contributed by atoms with Gasteiger partial charge in [0, 0.05) is 25.7 Å². The van der Waals surface area contributed by atoms with E-state index in [2.05, 4.69) is 10.4 Å². The van der Waals surface area contributed by atoms with Crippen molar-refractivity contribution in [2.45, 2.75) is 32.1 Å². The van der Waals surface area contributed by atoms with Crippen LogP contribution in [-0.2, 0) is 16.0 Å². The average Bonchev–Trinajstić information content (AvgIpc) is 3.01. The van der Waals surface area contributed by atoms with Gasteiger partial charge in [0.15, 0.2) is 0 Å². The Balaban J connectivity index is 1.44. The zero-order valence-electron chi connectivity index (χ0n) is 14.4. The summed E-state index contributed by atoms with van der Waals surface area (Å²) in [7, 11) is 0. The normalized spacial score (nSPS) is 15.0. The van der Waals surface area contributed by atoms with Gasteiger partial charge in [0.25, 0.3) is 0 Å². The fourth-order valence-electron chi connectivity index (χ4n) is 2.99. The Morgan fingerprint density at radius 1 is 1.16 bits per heavy atom. The van der Waals surface area contributed by atoms with Crippen molar-refractivity contribution < 1.29 is 9.59 Å². The molecule has 1 fully saturated rings. The van der Waals surface area contributed by atoms with Crippen LogP contribution in [0.25, 0.3) is 5.69 Å². The number of aromatic nitrogens is 2. The maximum atomic E-state index is 12.1. The third-order valence-electron chi connectivity index (χ3n) is 4.40. The number of nitrogens with one attached hydrogen (secondary N) is 1. The van der Waals surface area contributed by atoms with E-state index in [1.54, 1.807) is 4.90 Å². The van der Waals surface area contributed by atoms with Gasteiger partial charge >= 0.3 is 0 Å². The van der Waals surface area contributed by atoms with Crippen LogP contribution in [0.4, 0.5) is 0 Å². The minimum atomic E-state index is -0.0919. The Hall–Kier alpha value is -2.63. The Kier molecular flexibility index (Phi) is 5.82. The number of carbonyl (C=O) groups is 2. The molecular weight excluding hydrogens is 316 g/mol. The lowest BCUT2D eigenvalue weighted by molar-refractivity contribution is -0.135. The molecule has 25 heavy (non-hydrogen) atoms. The summed E-state index contributed by atoms with van der Waals surface area (Å²) in [6, 6.07) is 9.91. The van der Waals surface area contributed by atoms with Crippen LogP contribution in [0.2, 0.25) is 0 Å². The number of rotatable bonds is 6. The first-order chi connectivity index (χ1) is 12.2. The maximum Gasteiger partial charge on any atom is 0.239 e. The number of hydrogen-bond donors (Lipinski definition) is 1. The lowest BCUT2D eigenvalue weighted by atomic mass is 10.2. The first-order valence-electron chi connectivity index (χ1n) is 8.86. The summed E-state index contributed by atoms with van der Waals surface area (Å²) < 4.78 is 1.83. The molecule has 1 aromatic carbocycles. The van der Waals surface area contributed by atoms with Crippen LogP contribution in [-0.4, -0.2) is 46.1 Å². The SMILES string of the molecule is O=C(CN1CCCCCC1=O)NCCc1cnn(-c2ccccc2)c1. The smallest absolute Gasteiger partial charge is 0.239 e. The van der Waals surface area contributed by atoms with Gasteiger partial charge < -0.3 is 10.2 Å². The van der Waals surface area contributed by atoms with E-state index in [0.717, 1.165) is 30.5 Å². The first-order valence-corrected chi connectivity index (χ1v) is 8.86. The first kappa shape index (κ1) is 17.2. The summed E-state index contributed by atoms with van der Waals surface area (Å²) in [5, 5.41) is 7.25. The van der Waals surface area contributed by atoms with E-state index in [1.807, 2.05) is 47.4 Å². The molecule has 1 saturated heterocycles. The molecular formula is C19H24N4O2. The summed E-state index contributed by atoms with van der Waals surface area (Å²) in [6.07, 6.45) is 8.05. The van der Waals surface area contributed by atoms with Gasteiger partial charge in [-0.05, 0) is 37.0 Å². The monoisotopic (exact) mass is 340 g/mol. The van der Waals surface area contributed by atoms with E-state index in [4.69, 9.17) is 0 Å². The number of nitrogens with zero attached hydrogens (tertiary/aromatic N) is 3. The number of carbonyl (C=O) groups excluding carboxylic acids is 2. The second kappa shape index (κ2) is 8.46. The number of likely N-dealkylation sites (tertiary alicyclic amines) is 1. The Labute approximate surface area is 147 Å². The summed E-state index contributed by atoms with van der Waals surface area (Å²) in [6.45, 7) is 1.40. The average molecular weight is 340 g/mol. The summed E-state index contributed by atoms with van der Waals surface area (Å²) in [4.78, 5) is 25.7. The molecule has 1 aliphatic heterocycles. The lowest BCUT2D eigenvalue weighted by Gasteiger charge is -2.19. The van der Waals surface area contributed by atoms with Crippen LogP contribution in [0, 0.1) is 0 Å². The molecule has 0 aliphatic carbocycles. The largest absolute Gasteiger partial charge is 0.354 e. The van der Waals surface area contributed by atoms with Gasteiger partial charge in [0.05, 0.1) is 18.4 Å². The van der Waals surface area contributed by atoms with Crippen LogP contribution < -0.4 is 5.32 Å². The van der Waals surface area contributed by atoms with Crippen molar-refractivity contribution in [1.29, 1.82) is 0 Å². The molecule has 0 unspecified atom stereocenters. The summed E-state index contributed by atoms with van der Waals surface area (Å²) >= 11 is 0. The predicted octanol–water partition coefficient (Wildman–Crippen LogP) is 1.93. The molecule has 6 heteroatoms. The zero-order chi connectivity index (χ0) is 17.5. The molecule has 0 bridgehead atoms. The summed E-state index contributed by atoms with van der Waals surface area (Å²) in [5.41, 5.74) is 2.08. The van der Waals surface area contributed by atoms with Gasteiger partial charge in [-0.2, -0.15) is 5.10 Å². The van der Waals surface area contributed by atoms with E-state index in [1.165, 1.54) is 0 Å². The molecule has 1 aromatic heterocycles. The van der Waals surface area contributed by atoms with Gasteiger partial charge in [0.2, 0.25) is 11.8 Å². The van der Waals surface area contributed by atoms with E-state index in [9.17, 15) is 9.59 Å². The minimum absolute atomic E-state index is 0.0919. The summed E-state index contributed by atoms with van der Waals surface area (Å²) in [5.74, 6) is 0.00230. The second-order valence-electron chi connectivity index (χ2n) is 6.35. The van der Waals surface area contributed by atoms with E-state index in [0.29, 0.717) is 25.9 Å². The molecule has 2 aromatic rings. The van der Waals surface area contributed by atoms with Crippen molar-refractivity contribution in [3.63, 3.8) is 0 Å². The second-order valence-corrected chi connectivity index (χ2v) is 6.35. The Morgan fingerprint density at radius 2 is 2.00 bits per heavy atom. The molecule has 0 atom stereocenters. The van der Waals surface area contributed by atoms with E-state index < -0.39 is 0 Å². The maximum absolute atomic E-state index is 12.1. The Bertz CT molecular complexity index is 711. The van der Waals surface area contributed by atoms with Gasteiger partial charge in [-0.1, -0.05) is 24.6 Å². The van der Waals surface area contributed by atoms with Crippen molar-refractivity contribution in [3.05, 3.63) is 48.3 Å². The van der Waals surface area contributed by atoms with Crippen molar-refractivity contribution in [3.8, 4) is 5.69 Å². The van der Waals surface area contributed by atoms with Gasteiger partial charge in [-0.15, -0.1) is 0 Å². The van der Waals surface area contributed by atoms with Crippen LogP contribution in [0.15, 0.2) is 42.7 Å². The molecule has 2 heterocycles. The fourth-order valence-corrected chi connectivity index (χ4v) is 2.99. The number of para-hydroxylation sites is 1. The molecule has 0 saturated carbocycles. The number of benzene rings is 1. The molecule has 1 aliphatic rings. The van der Waals surface area contributed by atoms with Gasteiger partial charge in [-0.25, -0.2) is 4.68 Å². The molecule has 3 rings (SSSR count). The van der Waals surface area contributed by atoms with Crippen molar-refractivity contribution in [2.75, 3.05) is 19.6 Å². The van der Waals surface area contributed by atoms with Crippen molar-refractivity contribution in [2.24, 2.45) is 0 Å². The van der Waals surface area contributed by atoms with Crippen LogP contribution in [0.3, 0.4) is 0 Å². The molecule has 0 radical (unpaired) electrons. The van der Waals surface area contributed by atoms with E-state index >= 15 is 0 Å². The highest BCUT2D eigenvalue weighted by Crippen LogP contribution is 2.11.